The van der Waals surface area contributed by atoms with Gasteiger partial charge in [0.2, 0.25) is 5.78 Å². The van der Waals surface area contributed by atoms with Gasteiger partial charge in [0.15, 0.2) is 6.10 Å². The van der Waals surface area contributed by atoms with Gasteiger partial charge < -0.3 is 25.7 Å². The molecule has 0 aromatic heterocycles. The Hall–Kier alpha value is -2.75. The van der Waals surface area contributed by atoms with Crippen molar-refractivity contribution in [3.63, 3.8) is 0 Å². The van der Waals surface area contributed by atoms with Crippen molar-refractivity contribution in [3.8, 4) is 5.75 Å². The number of aliphatic hydroxyl groups is 1. The number of hydrogen-bond acceptors (Lipinski definition) is 5. The normalized spacial score (nSPS) is 18.0. The number of amides is 1. The van der Waals surface area contributed by atoms with Crippen molar-refractivity contribution >= 4 is 17.4 Å². The van der Waals surface area contributed by atoms with E-state index < -0.39 is 36.4 Å². The van der Waals surface area contributed by atoms with E-state index in [1.807, 2.05) is 0 Å². The lowest BCUT2D eigenvalue weighted by Gasteiger charge is -2.32. The number of hydrogen-bond donors (Lipinski definition) is 3. The Balaban J connectivity index is 2.27. The van der Waals surface area contributed by atoms with Gasteiger partial charge in [-0.1, -0.05) is 6.07 Å². The van der Waals surface area contributed by atoms with Gasteiger partial charge in [-0.3, -0.25) is 9.59 Å². The number of anilines is 1. The predicted molar refractivity (Wildman–Crippen MR) is 92.5 cm³/mol. The molecule has 1 aromatic rings. The fraction of sp³-hybridized carbons (Fsp3) is 0.412. The highest BCUT2D eigenvalue weighted by Crippen LogP contribution is 2.33. The molecule has 10 heteroatoms. The van der Waals surface area contributed by atoms with Crippen LogP contribution in [0.3, 0.4) is 0 Å². The molecular formula is C17H21F3N3O4+. The molecule has 148 valence electrons. The second-order valence-corrected chi connectivity index (χ2v) is 6.47. The minimum atomic E-state index is -4.39. The Bertz CT molecular complexity index is 790. The minimum Gasteiger partial charge on any atom is -0.591 e. The third-order valence-corrected chi connectivity index (χ3v) is 3.94. The fourth-order valence-corrected chi connectivity index (χ4v) is 2.61. The smallest absolute Gasteiger partial charge is 0.391 e. The highest BCUT2D eigenvalue weighted by Gasteiger charge is 2.41. The van der Waals surface area contributed by atoms with Gasteiger partial charge in [-0.05, 0) is 19.1 Å². The first-order valence-electron chi connectivity index (χ1n) is 8.05. The maximum absolute atomic E-state index is 12.5. The van der Waals surface area contributed by atoms with Crippen LogP contribution in [0.15, 0.2) is 29.6 Å². The van der Waals surface area contributed by atoms with E-state index in [1.165, 1.54) is 44.1 Å². The molecule has 27 heavy (non-hydrogen) atoms. The van der Waals surface area contributed by atoms with Gasteiger partial charge in [-0.25, -0.2) is 0 Å². The molecule has 1 amide bonds. The molecule has 0 saturated heterocycles. The Kier molecular flexibility index (Phi) is 5.69. The van der Waals surface area contributed by atoms with Crippen molar-refractivity contribution in [2.75, 3.05) is 19.4 Å². The zero-order valence-corrected chi connectivity index (χ0v) is 14.9. The lowest BCUT2D eigenvalue weighted by atomic mass is 9.93. The van der Waals surface area contributed by atoms with Crippen LogP contribution < -0.4 is 10.6 Å². The number of nitrogens with one attached hydrogen (secondary N) is 2. The van der Waals surface area contributed by atoms with Crippen LogP contribution in [0.4, 0.5) is 18.9 Å². The van der Waals surface area contributed by atoms with Crippen LogP contribution in [0.2, 0.25) is 0 Å². The molecule has 0 heterocycles. The van der Waals surface area contributed by atoms with Crippen molar-refractivity contribution in [1.29, 1.82) is 0 Å². The van der Waals surface area contributed by atoms with Crippen molar-refractivity contribution in [2.45, 2.75) is 31.7 Å². The summed E-state index contributed by atoms with van der Waals surface area (Å²) in [7, 11) is 3.06. The number of para-hydroxylation sites is 1. The van der Waals surface area contributed by atoms with Crippen molar-refractivity contribution in [2.24, 2.45) is 0 Å². The number of carbonyl (C=O) groups excluding carboxylic acids is 2. The zero-order chi connectivity index (χ0) is 20.5. The summed E-state index contributed by atoms with van der Waals surface area (Å²) in [5, 5.41) is 23.0. The van der Waals surface area contributed by atoms with Gasteiger partial charge in [-0.15, -0.1) is 0 Å². The highest BCUT2D eigenvalue weighted by molar-refractivity contribution is 6.11. The number of nitrogens with zero attached hydrogens (tertiary/aromatic N) is 1. The average Bonchev–Trinajstić information content (AvgIpc) is 2.56. The third-order valence-electron chi connectivity index (χ3n) is 3.94. The number of ketones is 1. The standard InChI is InChI=1S/C17H20F3N3O4/c1-8(7-17(18,19)20)21-11-12(15(26)14(11)25)22-10-6-4-5-9(13(10)24)16(27)23(2)3/h4-6,8,14,21-22,24-25H,7H2,1-3H3/p+1. The number of benzene rings is 1. The van der Waals surface area contributed by atoms with Gasteiger partial charge in [0.05, 0.1) is 12.1 Å². The van der Waals surface area contributed by atoms with E-state index in [1.54, 1.807) is 0 Å². The number of rotatable bonds is 6. The molecule has 0 aliphatic heterocycles. The molecule has 7 nitrogen and oxygen atoms in total. The van der Waals surface area contributed by atoms with Crippen molar-refractivity contribution in [3.05, 3.63) is 35.2 Å². The molecule has 1 aromatic carbocycles. The topological polar surface area (TPSA) is 105 Å². The van der Waals surface area contributed by atoms with E-state index in [4.69, 9.17) is 5.11 Å². The van der Waals surface area contributed by atoms with Crippen LogP contribution in [0.5, 0.6) is 5.75 Å². The molecule has 0 bridgehead atoms. The largest absolute Gasteiger partial charge is 0.591 e. The van der Waals surface area contributed by atoms with E-state index in [2.05, 4.69) is 10.6 Å². The predicted octanol–water partition coefficient (Wildman–Crippen LogP) is 1.32. The maximum atomic E-state index is 12.5. The van der Waals surface area contributed by atoms with Crippen molar-refractivity contribution < 1.29 is 33.0 Å². The molecule has 1 aliphatic rings. The molecule has 0 saturated carbocycles. The van der Waals surface area contributed by atoms with Crippen LogP contribution in [-0.2, 0) is 4.79 Å². The second kappa shape index (κ2) is 7.47. The molecular weight excluding hydrogens is 367 g/mol. The molecule has 0 spiro atoms. The minimum absolute atomic E-state index is 0.0690. The lowest BCUT2D eigenvalue weighted by molar-refractivity contribution is -0.139. The molecule has 0 radical (unpaired) electrons. The second-order valence-electron chi connectivity index (χ2n) is 6.47. The lowest BCUT2D eigenvalue weighted by Crippen LogP contribution is -2.48. The molecule has 2 atom stereocenters. The first kappa shape index (κ1) is 20.6. The van der Waals surface area contributed by atoms with E-state index in [-0.39, 0.29) is 28.4 Å². The summed E-state index contributed by atoms with van der Waals surface area (Å²) in [5.41, 5.74) is 0.0264. The summed E-state index contributed by atoms with van der Waals surface area (Å²) in [6, 6.07) is 3.36. The first-order valence-corrected chi connectivity index (χ1v) is 8.05. The molecule has 0 fully saturated rings. The van der Waals surface area contributed by atoms with Gasteiger partial charge >= 0.3 is 6.18 Å². The average molecular weight is 388 g/mol. The number of Topliss-reactive ketones (excluding diaryl/α,β-unsaturated/α-hetero) is 1. The fourth-order valence-electron chi connectivity index (χ4n) is 2.61. The van der Waals surface area contributed by atoms with Gasteiger partial charge in [0.1, 0.15) is 16.9 Å². The number of halogens is 3. The Labute approximate surface area is 153 Å². The monoisotopic (exact) mass is 388 g/mol. The summed E-state index contributed by atoms with van der Waals surface area (Å²) in [6.45, 7) is 1.28. The molecule has 5 N–H and O–H groups in total. The van der Waals surface area contributed by atoms with Crippen molar-refractivity contribution in [1.82, 2.24) is 10.2 Å². The third kappa shape index (κ3) is 4.51. The van der Waals surface area contributed by atoms with Gasteiger partial charge in [0, 0.05) is 20.1 Å². The maximum Gasteiger partial charge on any atom is 0.391 e. The quantitative estimate of drug-likeness (QED) is 0.638. The van der Waals surface area contributed by atoms with E-state index in [0.29, 0.717) is 0 Å². The SMILES string of the molecule is CC(CC(F)(F)F)NC1=C(Nc2cccc(C(=O)N(C)C)c2[OH2+])C(=O)C1O. The molecule has 2 unspecified atom stereocenters. The summed E-state index contributed by atoms with van der Waals surface area (Å²) in [4.78, 5) is 25.3. The summed E-state index contributed by atoms with van der Waals surface area (Å²) < 4.78 is 37.4. The summed E-state index contributed by atoms with van der Waals surface area (Å²) in [5.74, 6) is -1.28. The van der Waals surface area contributed by atoms with E-state index >= 15 is 0 Å². The van der Waals surface area contributed by atoms with Crippen LogP contribution in [0.1, 0.15) is 23.7 Å². The number of alkyl halides is 3. The summed E-state index contributed by atoms with van der Waals surface area (Å²) in [6.07, 6.45) is -7.08. The van der Waals surface area contributed by atoms with Crippen LogP contribution in [-0.4, -0.2) is 59.2 Å². The molecule has 2 rings (SSSR count). The van der Waals surface area contributed by atoms with Crippen LogP contribution in [0.25, 0.3) is 0 Å². The van der Waals surface area contributed by atoms with Crippen LogP contribution >= 0.6 is 0 Å². The highest BCUT2D eigenvalue weighted by atomic mass is 19.4. The van der Waals surface area contributed by atoms with Gasteiger partial charge in [-0.2, -0.15) is 13.2 Å². The Morgan fingerprint density at radius 1 is 1.37 bits per heavy atom. The Morgan fingerprint density at radius 3 is 2.56 bits per heavy atom. The van der Waals surface area contributed by atoms with Crippen LogP contribution in [0, 0.1) is 0 Å². The van der Waals surface area contributed by atoms with E-state index in [9.17, 15) is 27.9 Å². The molecule has 1 aliphatic carbocycles. The number of aliphatic hydroxyl groups excluding tert-OH is 1. The number of carbonyl (C=O) groups is 2. The van der Waals surface area contributed by atoms with Gasteiger partial charge in [0.25, 0.3) is 11.7 Å². The summed E-state index contributed by atoms with van der Waals surface area (Å²) >= 11 is 0. The Morgan fingerprint density at radius 2 is 2.00 bits per heavy atom. The first-order chi connectivity index (χ1) is 12.4. The van der Waals surface area contributed by atoms with E-state index in [0.717, 1.165) is 0 Å². The zero-order valence-electron chi connectivity index (χ0n) is 14.9.